The minimum atomic E-state index is -3.72. The third kappa shape index (κ3) is 5.86. The van der Waals surface area contributed by atoms with E-state index in [0.29, 0.717) is 31.7 Å². The van der Waals surface area contributed by atoms with E-state index >= 15 is 0 Å². The van der Waals surface area contributed by atoms with Crippen LogP contribution in [0, 0.1) is 5.92 Å². The molecule has 0 radical (unpaired) electrons. The summed E-state index contributed by atoms with van der Waals surface area (Å²) in [5.41, 5.74) is 0.964. The zero-order valence-corrected chi connectivity index (χ0v) is 19.1. The van der Waals surface area contributed by atoms with Crippen LogP contribution in [-0.4, -0.2) is 50.8 Å². The van der Waals surface area contributed by atoms with Crippen molar-refractivity contribution in [2.75, 3.05) is 20.2 Å². The molecule has 1 aliphatic heterocycles. The van der Waals surface area contributed by atoms with Crippen molar-refractivity contribution in [2.24, 2.45) is 5.92 Å². The van der Waals surface area contributed by atoms with Crippen molar-refractivity contribution >= 4 is 21.8 Å². The van der Waals surface area contributed by atoms with E-state index in [9.17, 15) is 18.0 Å². The van der Waals surface area contributed by atoms with Gasteiger partial charge in [0.2, 0.25) is 21.8 Å². The van der Waals surface area contributed by atoms with Crippen LogP contribution >= 0.6 is 0 Å². The first-order valence-electron chi connectivity index (χ1n) is 10.6. The molecule has 3 rings (SSSR count). The van der Waals surface area contributed by atoms with Crippen molar-refractivity contribution in [2.45, 2.75) is 37.2 Å². The smallest absolute Gasteiger partial charge is 0.243 e. The summed E-state index contributed by atoms with van der Waals surface area (Å²) in [6, 6.07) is 15.0. The quantitative estimate of drug-likeness (QED) is 0.628. The average Bonchev–Trinajstić information content (AvgIpc) is 2.83. The van der Waals surface area contributed by atoms with E-state index in [4.69, 9.17) is 4.74 Å². The molecule has 1 unspecified atom stereocenters. The molecule has 2 aromatic carbocycles. The number of carbonyl (C=O) groups is 2. The summed E-state index contributed by atoms with van der Waals surface area (Å²) in [6.45, 7) is 2.42. The fourth-order valence-corrected chi connectivity index (χ4v) is 5.13. The zero-order valence-electron chi connectivity index (χ0n) is 18.3. The Kier molecular flexibility index (Phi) is 7.87. The molecule has 2 atom stereocenters. The van der Waals surface area contributed by atoms with Crippen molar-refractivity contribution in [1.82, 2.24) is 14.9 Å². The number of hydrogen-bond acceptors (Lipinski definition) is 5. The first-order chi connectivity index (χ1) is 15.3. The first kappa shape index (κ1) is 23.7. The fourth-order valence-electron chi connectivity index (χ4n) is 3.61. The Morgan fingerprint density at radius 3 is 2.47 bits per heavy atom. The fraction of sp³-hybridized carbons (Fsp3) is 0.391. The number of benzene rings is 2. The van der Waals surface area contributed by atoms with Crippen LogP contribution in [0.2, 0.25) is 0 Å². The van der Waals surface area contributed by atoms with Crippen LogP contribution in [0.3, 0.4) is 0 Å². The second-order valence-corrected chi connectivity index (χ2v) is 9.75. The van der Waals surface area contributed by atoms with Crippen molar-refractivity contribution < 1.29 is 22.7 Å². The number of nitrogens with zero attached hydrogens (tertiary/aromatic N) is 1. The van der Waals surface area contributed by atoms with Gasteiger partial charge in [0.15, 0.2) is 0 Å². The van der Waals surface area contributed by atoms with Gasteiger partial charge in [-0.1, -0.05) is 30.3 Å². The molecule has 2 amide bonds. The zero-order chi connectivity index (χ0) is 23.1. The molecular weight excluding hydrogens is 430 g/mol. The molecule has 32 heavy (non-hydrogen) atoms. The van der Waals surface area contributed by atoms with Crippen molar-refractivity contribution in [1.29, 1.82) is 0 Å². The number of piperidine rings is 1. The first-order valence-corrected chi connectivity index (χ1v) is 12.0. The highest BCUT2D eigenvalue weighted by molar-refractivity contribution is 7.89. The Labute approximate surface area is 189 Å². The highest BCUT2D eigenvalue weighted by Crippen LogP contribution is 2.25. The predicted octanol–water partition coefficient (Wildman–Crippen LogP) is 1.92. The molecule has 0 spiro atoms. The second-order valence-electron chi connectivity index (χ2n) is 7.81. The Morgan fingerprint density at radius 2 is 1.81 bits per heavy atom. The van der Waals surface area contributed by atoms with Crippen LogP contribution in [0.1, 0.15) is 25.3 Å². The van der Waals surface area contributed by atoms with E-state index in [-0.39, 0.29) is 23.3 Å². The molecular formula is C23H29N3O5S. The van der Waals surface area contributed by atoms with Gasteiger partial charge in [-0.15, -0.1) is 0 Å². The normalized spacial score (nSPS) is 17.9. The predicted molar refractivity (Wildman–Crippen MR) is 120 cm³/mol. The van der Waals surface area contributed by atoms with E-state index in [0.717, 1.165) is 5.56 Å². The van der Waals surface area contributed by atoms with Gasteiger partial charge < -0.3 is 15.4 Å². The summed E-state index contributed by atoms with van der Waals surface area (Å²) in [5.74, 6) is -0.553. The molecule has 2 aromatic rings. The minimum Gasteiger partial charge on any atom is -0.497 e. The molecule has 8 nitrogen and oxygen atoms in total. The molecule has 0 bridgehead atoms. The van der Waals surface area contributed by atoms with Gasteiger partial charge in [0.1, 0.15) is 11.8 Å². The third-order valence-corrected chi connectivity index (χ3v) is 7.39. The van der Waals surface area contributed by atoms with Crippen LogP contribution < -0.4 is 15.4 Å². The summed E-state index contributed by atoms with van der Waals surface area (Å²) in [4.78, 5) is 25.3. The van der Waals surface area contributed by atoms with E-state index in [2.05, 4.69) is 10.6 Å². The van der Waals surface area contributed by atoms with Crippen molar-refractivity contribution in [3.8, 4) is 5.75 Å². The number of nitrogens with one attached hydrogen (secondary N) is 2. The topological polar surface area (TPSA) is 105 Å². The number of sulfonamides is 1. The lowest BCUT2D eigenvalue weighted by Gasteiger charge is -2.31. The summed E-state index contributed by atoms with van der Waals surface area (Å²) < 4.78 is 32.4. The summed E-state index contributed by atoms with van der Waals surface area (Å²) in [5, 5.41) is 5.52. The minimum absolute atomic E-state index is 0.0819. The maximum atomic E-state index is 13.0. The number of hydrogen-bond donors (Lipinski definition) is 2. The molecule has 0 aliphatic carbocycles. The van der Waals surface area contributed by atoms with Gasteiger partial charge in [-0.2, -0.15) is 4.31 Å². The van der Waals surface area contributed by atoms with E-state index in [1.54, 1.807) is 19.1 Å². The third-order valence-electron chi connectivity index (χ3n) is 5.51. The summed E-state index contributed by atoms with van der Waals surface area (Å²) in [7, 11) is -2.20. The molecule has 9 heteroatoms. The average molecular weight is 460 g/mol. The van der Waals surface area contributed by atoms with E-state index < -0.39 is 22.0 Å². The Balaban J connectivity index is 1.56. The van der Waals surface area contributed by atoms with Crippen molar-refractivity contribution in [3.63, 3.8) is 0 Å². The number of methoxy groups -OCH3 is 1. The number of carbonyl (C=O) groups excluding carboxylic acids is 2. The molecule has 2 N–H and O–H groups in total. The maximum Gasteiger partial charge on any atom is 0.243 e. The van der Waals surface area contributed by atoms with Crippen LogP contribution in [0.4, 0.5) is 0 Å². The Hall–Kier alpha value is -2.91. The Morgan fingerprint density at radius 1 is 1.12 bits per heavy atom. The van der Waals surface area contributed by atoms with Gasteiger partial charge in [0, 0.05) is 19.6 Å². The van der Waals surface area contributed by atoms with Gasteiger partial charge in [-0.25, -0.2) is 8.42 Å². The van der Waals surface area contributed by atoms with Crippen LogP contribution in [0.15, 0.2) is 59.5 Å². The standard InChI is InChI=1S/C23H29N3O5S/c1-17(22(27)24-15-18-7-4-3-5-8-18)25-23(28)19-9-6-14-26(16-19)32(29,30)21-12-10-20(31-2)11-13-21/h3-5,7-8,10-13,17,19H,6,9,14-16H2,1-2H3,(H,24,27)(H,25,28)/t17-,19?/m1/s1. The van der Waals surface area contributed by atoms with Crippen LogP contribution in [-0.2, 0) is 26.2 Å². The second kappa shape index (κ2) is 10.6. The lowest BCUT2D eigenvalue weighted by Crippen LogP contribution is -2.50. The van der Waals surface area contributed by atoms with E-state index in [1.165, 1.54) is 23.5 Å². The molecule has 1 fully saturated rings. The maximum absolute atomic E-state index is 13.0. The lowest BCUT2D eigenvalue weighted by molar-refractivity contribution is -0.131. The largest absolute Gasteiger partial charge is 0.497 e. The molecule has 1 heterocycles. The van der Waals surface area contributed by atoms with Gasteiger partial charge in [0.05, 0.1) is 17.9 Å². The number of rotatable bonds is 8. The van der Waals surface area contributed by atoms with Gasteiger partial charge in [-0.3, -0.25) is 9.59 Å². The summed E-state index contributed by atoms with van der Waals surface area (Å²) >= 11 is 0. The van der Waals surface area contributed by atoms with Gasteiger partial charge >= 0.3 is 0 Å². The number of ether oxygens (including phenoxy) is 1. The molecule has 0 saturated carbocycles. The molecule has 1 saturated heterocycles. The van der Waals surface area contributed by atoms with Crippen LogP contribution in [0.5, 0.6) is 5.75 Å². The summed E-state index contributed by atoms with van der Waals surface area (Å²) in [6.07, 6.45) is 1.14. The van der Waals surface area contributed by atoms with Crippen LogP contribution in [0.25, 0.3) is 0 Å². The van der Waals surface area contributed by atoms with Gasteiger partial charge in [-0.05, 0) is 49.6 Å². The highest BCUT2D eigenvalue weighted by Gasteiger charge is 2.34. The van der Waals surface area contributed by atoms with E-state index in [1.807, 2.05) is 30.3 Å². The highest BCUT2D eigenvalue weighted by atomic mass is 32.2. The van der Waals surface area contributed by atoms with Gasteiger partial charge in [0.25, 0.3) is 0 Å². The van der Waals surface area contributed by atoms with Crippen molar-refractivity contribution in [3.05, 3.63) is 60.2 Å². The molecule has 172 valence electrons. The monoisotopic (exact) mass is 459 g/mol. The molecule has 0 aromatic heterocycles. The lowest BCUT2D eigenvalue weighted by atomic mass is 9.98. The Bertz CT molecular complexity index is 1030. The number of amides is 2. The SMILES string of the molecule is COc1ccc(S(=O)(=O)N2CCCC(C(=O)N[C@H](C)C(=O)NCc3ccccc3)C2)cc1. The molecule has 1 aliphatic rings.